The van der Waals surface area contributed by atoms with Crippen LogP contribution in [0.3, 0.4) is 0 Å². The van der Waals surface area contributed by atoms with Gasteiger partial charge in [-0.05, 0) is 45.2 Å². The number of methoxy groups -OCH3 is 1. The van der Waals surface area contributed by atoms with Crippen molar-refractivity contribution in [3.05, 3.63) is 52.8 Å². The van der Waals surface area contributed by atoms with Gasteiger partial charge in [-0.1, -0.05) is 38.1 Å². The molecule has 12 heteroatoms. The van der Waals surface area contributed by atoms with Gasteiger partial charge in [0, 0.05) is 62.7 Å². The maximum atomic E-state index is 13.2. The van der Waals surface area contributed by atoms with Crippen LogP contribution in [0, 0.1) is 25.2 Å². The smallest absolute Gasteiger partial charge is 0.248 e. The molecule has 0 spiro atoms. The molecule has 1 saturated carbocycles. The predicted molar refractivity (Wildman–Crippen MR) is 176 cm³/mol. The molecule has 3 fully saturated rings. The molecule has 5 N–H and O–H groups in total. The number of allylic oxidation sites excluding steroid dienone is 1. The Morgan fingerprint density at radius 1 is 1.17 bits per heavy atom. The summed E-state index contributed by atoms with van der Waals surface area (Å²) in [6.07, 6.45) is 5.94. The normalized spacial score (nSPS) is 22.4. The number of rotatable bonds is 8. The van der Waals surface area contributed by atoms with Crippen LogP contribution < -0.4 is 16.9 Å². The number of aryl methyl sites for hydroxylation is 2. The van der Waals surface area contributed by atoms with Crippen molar-refractivity contribution >= 4 is 18.5 Å². The number of ether oxygens (including phenoxy) is 2. The van der Waals surface area contributed by atoms with E-state index in [9.17, 15) is 14.4 Å². The van der Waals surface area contributed by atoms with Gasteiger partial charge in [0.05, 0.1) is 30.6 Å². The molecule has 2 saturated heterocycles. The van der Waals surface area contributed by atoms with E-state index in [1.807, 2.05) is 59.0 Å². The summed E-state index contributed by atoms with van der Waals surface area (Å²) >= 11 is 0. The van der Waals surface area contributed by atoms with E-state index in [0.717, 1.165) is 66.5 Å². The van der Waals surface area contributed by atoms with Gasteiger partial charge in [-0.2, -0.15) is 0 Å². The lowest BCUT2D eigenvalue weighted by Gasteiger charge is -2.40. The number of oxazole rings is 1. The van der Waals surface area contributed by atoms with Gasteiger partial charge in [-0.3, -0.25) is 9.80 Å². The number of hydrogen-bond acceptors (Lipinski definition) is 11. The van der Waals surface area contributed by atoms with Gasteiger partial charge in [-0.15, -0.1) is 0 Å². The van der Waals surface area contributed by atoms with E-state index in [4.69, 9.17) is 20.7 Å². The van der Waals surface area contributed by atoms with Crippen molar-refractivity contribution in [1.29, 1.82) is 0 Å². The Morgan fingerprint density at radius 2 is 1.83 bits per heavy atom. The maximum absolute atomic E-state index is 13.2. The first-order valence-corrected chi connectivity index (χ1v) is 15.8. The zero-order valence-electron chi connectivity index (χ0n) is 28.4. The van der Waals surface area contributed by atoms with Gasteiger partial charge in [0.2, 0.25) is 5.91 Å². The Morgan fingerprint density at radius 3 is 2.35 bits per heavy atom. The number of aldehydes is 2. The Balaban J connectivity index is 0.000000236. The van der Waals surface area contributed by atoms with Crippen molar-refractivity contribution in [1.82, 2.24) is 20.2 Å². The van der Waals surface area contributed by atoms with E-state index in [2.05, 4.69) is 15.0 Å². The highest BCUT2D eigenvalue weighted by molar-refractivity contribution is 5.86. The zero-order valence-corrected chi connectivity index (χ0v) is 28.4. The molecule has 0 radical (unpaired) electrons. The Bertz CT molecular complexity index is 1340. The number of carbonyl (C=O) groups is 3. The monoisotopic (exact) mass is 640 g/mol. The number of carbonyl (C=O) groups excluding carboxylic acids is 3. The highest BCUT2D eigenvalue weighted by atomic mass is 16.5. The summed E-state index contributed by atoms with van der Waals surface area (Å²) in [5, 5.41) is 4.64. The molecule has 3 unspecified atom stereocenters. The van der Waals surface area contributed by atoms with E-state index in [-0.39, 0.29) is 18.0 Å². The highest BCUT2D eigenvalue weighted by Gasteiger charge is 2.47. The lowest BCUT2D eigenvalue weighted by molar-refractivity contribution is -0.143. The van der Waals surface area contributed by atoms with Crippen molar-refractivity contribution in [2.75, 3.05) is 41.0 Å². The van der Waals surface area contributed by atoms with Crippen LogP contribution in [0.4, 0.5) is 0 Å². The molecule has 1 aliphatic carbocycles. The number of amides is 1. The van der Waals surface area contributed by atoms with Crippen LogP contribution >= 0.6 is 0 Å². The SMILES string of the molecule is CC1(C)COC/C(=C(/N)C2CC2)N(N)C1C(=O)N1CCCC1C=O.CNC(CC=O)c1ccc(-c2oc(C)nc2C)cc1.COC. The van der Waals surface area contributed by atoms with E-state index in [1.54, 1.807) is 19.1 Å². The van der Waals surface area contributed by atoms with Crippen LogP contribution in [0.15, 0.2) is 40.1 Å². The number of benzene rings is 1. The minimum absolute atomic E-state index is 0.0594. The second-order valence-electron chi connectivity index (χ2n) is 12.8. The topological polar surface area (TPSA) is 166 Å². The standard InChI is InChI=1S/C17H28N4O3.C15H18N2O2.C2H6O/c1-17(2)10-24-9-13(14(18)11-5-6-11)21(19)15(17)16(23)20-7-3-4-12(20)8-22;1-10-15(19-11(2)17-10)13-6-4-12(5-7-13)14(16-3)8-9-18;1-3-2/h8,11-12,15H,3-7,9-10,18-19H2,1-2H3;4-7,9,14,16H,8H2,1-3H3;1-2H3/b14-13-;;. The van der Waals surface area contributed by atoms with Crippen LogP contribution in [0.25, 0.3) is 11.3 Å². The fourth-order valence-electron chi connectivity index (χ4n) is 5.96. The number of aromatic nitrogens is 1. The summed E-state index contributed by atoms with van der Waals surface area (Å²) in [5.74, 6) is 8.12. The van der Waals surface area contributed by atoms with Crippen LogP contribution in [-0.2, 0) is 23.9 Å². The molecule has 2 aliphatic heterocycles. The van der Waals surface area contributed by atoms with Gasteiger partial charge in [0.25, 0.3) is 0 Å². The molecule has 1 amide bonds. The summed E-state index contributed by atoms with van der Waals surface area (Å²) in [6.45, 7) is 9.05. The first kappa shape index (κ1) is 36.9. The average molecular weight is 641 g/mol. The van der Waals surface area contributed by atoms with Gasteiger partial charge in [0.15, 0.2) is 11.7 Å². The molecular weight excluding hydrogens is 588 g/mol. The van der Waals surface area contributed by atoms with Crippen molar-refractivity contribution < 1.29 is 28.3 Å². The van der Waals surface area contributed by atoms with Crippen LogP contribution in [0.2, 0.25) is 0 Å². The third-order valence-electron chi connectivity index (χ3n) is 8.53. The van der Waals surface area contributed by atoms with E-state index < -0.39 is 11.5 Å². The first-order chi connectivity index (χ1) is 21.9. The van der Waals surface area contributed by atoms with E-state index in [0.29, 0.717) is 43.7 Å². The quantitative estimate of drug-likeness (QED) is 0.286. The third kappa shape index (κ3) is 9.03. The maximum Gasteiger partial charge on any atom is 0.248 e. The second-order valence-corrected chi connectivity index (χ2v) is 12.8. The molecule has 3 atom stereocenters. The first-order valence-electron chi connectivity index (χ1n) is 15.8. The molecule has 254 valence electrons. The third-order valence-corrected chi connectivity index (χ3v) is 8.53. The predicted octanol–water partition coefficient (Wildman–Crippen LogP) is 3.43. The highest BCUT2D eigenvalue weighted by Crippen LogP contribution is 2.39. The lowest BCUT2D eigenvalue weighted by atomic mass is 9.83. The van der Waals surface area contributed by atoms with E-state index >= 15 is 0 Å². The summed E-state index contributed by atoms with van der Waals surface area (Å²) in [5.41, 5.74) is 10.2. The van der Waals surface area contributed by atoms with Crippen molar-refractivity contribution in [2.24, 2.45) is 22.9 Å². The van der Waals surface area contributed by atoms with Crippen LogP contribution in [0.5, 0.6) is 0 Å². The van der Waals surface area contributed by atoms with E-state index in [1.165, 1.54) is 5.01 Å². The average Bonchev–Trinajstić information content (AvgIpc) is 3.69. The van der Waals surface area contributed by atoms with Gasteiger partial charge < -0.3 is 39.4 Å². The Kier molecular flexibility index (Phi) is 13.5. The summed E-state index contributed by atoms with van der Waals surface area (Å²) < 4.78 is 15.6. The largest absolute Gasteiger partial charge is 0.441 e. The summed E-state index contributed by atoms with van der Waals surface area (Å²) in [6, 6.07) is 7.14. The number of nitrogens with one attached hydrogen (secondary N) is 1. The molecule has 3 aliphatic rings. The van der Waals surface area contributed by atoms with Crippen LogP contribution in [0.1, 0.15) is 69.1 Å². The number of nitrogens with two attached hydrogens (primary N) is 2. The molecule has 46 heavy (non-hydrogen) atoms. The molecule has 12 nitrogen and oxygen atoms in total. The molecule has 2 aromatic rings. The van der Waals surface area contributed by atoms with Gasteiger partial charge in [-0.25, -0.2) is 10.8 Å². The van der Waals surface area contributed by atoms with Crippen molar-refractivity contribution in [2.45, 2.75) is 77.9 Å². The number of nitrogens with zero attached hydrogens (tertiary/aromatic N) is 3. The molecule has 5 rings (SSSR count). The number of hydrogen-bond donors (Lipinski definition) is 3. The number of hydrazine groups is 1. The second kappa shape index (κ2) is 16.8. The minimum atomic E-state index is -0.590. The van der Waals surface area contributed by atoms with Gasteiger partial charge >= 0.3 is 0 Å². The fraction of sp³-hybridized carbons (Fsp3) is 0.588. The summed E-state index contributed by atoms with van der Waals surface area (Å²) in [4.78, 5) is 41.1. The zero-order chi connectivity index (χ0) is 34.0. The lowest BCUT2D eigenvalue weighted by Crippen LogP contribution is -2.59. The van der Waals surface area contributed by atoms with Gasteiger partial charge in [0.1, 0.15) is 18.6 Å². The minimum Gasteiger partial charge on any atom is -0.441 e. The Labute approximate surface area is 272 Å². The molecule has 3 heterocycles. The fourth-order valence-corrected chi connectivity index (χ4v) is 5.96. The van der Waals surface area contributed by atoms with Crippen molar-refractivity contribution in [3.63, 3.8) is 0 Å². The van der Waals surface area contributed by atoms with Crippen LogP contribution in [-0.4, -0.2) is 86.5 Å². The summed E-state index contributed by atoms with van der Waals surface area (Å²) in [7, 11) is 5.10. The molecule has 0 bridgehead atoms. The van der Waals surface area contributed by atoms with Crippen molar-refractivity contribution in [3.8, 4) is 11.3 Å². The Hall–Kier alpha value is -3.58. The molecular formula is C34H52N6O6. The molecule has 1 aromatic heterocycles. The number of likely N-dealkylation sites (tertiary alicyclic amines) is 1. The molecule has 1 aromatic carbocycles.